The molecule has 8 nitrogen and oxygen atoms in total. The first-order chi connectivity index (χ1) is 16.9. The van der Waals surface area contributed by atoms with E-state index in [0.29, 0.717) is 44.4 Å². The van der Waals surface area contributed by atoms with Crippen molar-refractivity contribution in [2.75, 3.05) is 10.6 Å². The highest BCUT2D eigenvalue weighted by Gasteiger charge is 2.10. The van der Waals surface area contributed by atoms with Gasteiger partial charge in [-0.2, -0.15) is 0 Å². The predicted molar refractivity (Wildman–Crippen MR) is 132 cm³/mol. The van der Waals surface area contributed by atoms with Crippen LogP contribution in [0.1, 0.15) is 18.4 Å². The summed E-state index contributed by atoms with van der Waals surface area (Å²) in [5.41, 5.74) is 7.64. The Balaban J connectivity index is 1.48. The van der Waals surface area contributed by atoms with Crippen LogP contribution in [0.5, 0.6) is 5.75 Å². The molecular weight excluding hydrogens is 473 g/mol. The van der Waals surface area contributed by atoms with Gasteiger partial charge in [-0.25, -0.2) is 14.4 Å². The van der Waals surface area contributed by atoms with Gasteiger partial charge in [0.2, 0.25) is 11.8 Å². The molecule has 0 fully saturated rings. The first kappa shape index (κ1) is 23.9. The lowest BCUT2D eigenvalue weighted by Gasteiger charge is -2.12. The summed E-state index contributed by atoms with van der Waals surface area (Å²) in [6.45, 7) is 0.175. The first-order valence-electron chi connectivity index (χ1n) is 10.6. The van der Waals surface area contributed by atoms with Gasteiger partial charge in [-0.05, 0) is 54.1 Å². The molecule has 1 heterocycles. The van der Waals surface area contributed by atoms with Crippen LogP contribution in [-0.2, 0) is 16.2 Å². The molecule has 10 heteroatoms. The van der Waals surface area contributed by atoms with E-state index in [9.17, 15) is 14.0 Å². The van der Waals surface area contributed by atoms with Crippen molar-refractivity contribution in [3.05, 3.63) is 83.4 Å². The van der Waals surface area contributed by atoms with Gasteiger partial charge < -0.3 is 21.1 Å². The van der Waals surface area contributed by atoms with Crippen molar-refractivity contribution in [1.82, 2.24) is 9.97 Å². The maximum absolute atomic E-state index is 13.4. The summed E-state index contributed by atoms with van der Waals surface area (Å²) in [6.07, 6.45) is 1.39. The summed E-state index contributed by atoms with van der Waals surface area (Å²) in [4.78, 5) is 31.5. The van der Waals surface area contributed by atoms with Gasteiger partial charge >= 0.3 is 0 Å². The van der Waals surface area contributed by atoms with Crippen molar-refractivity contribution in [3.63, 3.8) is 0 Å². The zero-order valence-electron chi connectivity index (χ0n) is 18.4. The molecule has 35 heavy (non-hydrogen) atoms. The molecular formula is C25H21ClFN5O3. The maximum Gasteiger partial charge on any atom is 0.224 e. The molecule has 0 atom stereocenters. The SMILES string of the molecule is NC(=O)CCC(=O)Nc1ccc2ncnc(Nc3ccc(OCc4cccc(F)c4)c(Cl)c3)c2c1. The van der Waals surface area contributed by atoms with E-state index in [1.165, 1.54) is 18.5 Å². The van der Waals surface area contributed by atoms with Gasteiger partial charge in [0.25, 0.3) is 0 Å². The number of hydrogen-bond acceptors (Lipinski definition) is 6. The standard InChI is InChI=1S/C25H21ClFN5O3/c26-20-12-18(5-7-22(20)35-13-15-2-1-3-16(27)10-15)32-25-19-11-17(4-6-21(19)29-14-30-25)31-24(34)9-8-23(28)33/h1-7,10-12,14H,8-9,13H2,(H2,28,33)(H,31,34)(H,29,30,32). The molecule has 2 amide bonds. The predicted octanol–water partition coefficient (Wildman–Crippen LogP) is 4.95. The molecule has 4 rings (SSSR count). The third kappa shape index (κ3) is 6.42. The van der Waals surface area contributed by atoms with Crippen LogP contribution in [0.3, 0.4) is 0 Å². The lowest BCUT2D eigenvalue weighted by atomic mass is 10.2. The largest absolute Gasteiger partial charge is 0.487 e. The molecule has 4 N–H and O–H groups in total. The van der Waals surface area contributed by atoms with E-state index in [2.05, 4.69) is 20.6 Å². The topological polar surface area (TPSA) is 119 Å². The molecule has 0 spiro atoms. The molecule has 0 aliphatic rings. The smallest absolute Gasteiger partial charge is 0.224 e. The van der Waals surface area contributed by atoms with Gasteiger partial charge in [0.05, 0.1) is 10.5 Å². The first-order valence-corrected chi connectivity index (χ1v) is 11.0. The normalized spacial score (nSPS) is 10.7. The number of fused-ring (bicyclic) bond motifs is 1. The van der Waals surface area contributed by atoms with E-state index in [1.807, 2.05) is 0 Å². The molecule has 0 aliphatic heterocycles. The van der Waals surface area contributed by atoms with Crippen LogP contribution in [0.15, 0.2) is 67.0 Å². The van der Waals surface area contributed by atoms with Crippen LogP contribution >= 0.6 is 11.6 Å². The Morgan fingerprint density at radius 3 is 2.60 bits per heavy atom. The van der Waals surface area contributed by atoms with Gasteiger partial charge in [0, 0.05) is 29.6 Å². The Labute approximate surface area is 205 Å². The number of carbonyl (C=O) groups is 2. The van der Waals surface area contributed by atoms with E-state index < -0.39 is 5.91 Å². The quantitative estimate of drug-likeness (QED) is 0.303. The summed E-state index contributed by atoms with van der Waals surface area (Å²) >= 11 is 6.39. The zero-order chi connectivity index (χ0) is 24.8. The number of nitrogens with one attached hydrogen (secondary N) is 2. The number of halogens is 2. The maximum atomic E-state index is 13.4. The Morgan fingerprint density at radius 1 is 1.00 bits per heavy atom. The van der Waals surface area contributed by atoms with Gasteiger partial charge in [-0.15, -0.1) is 0 Å². The number of nitrogens with two attached hydrogens (primary N) is 1. The number of ether oxygens (including phenoxy) is 1. The number of hydrogen-bond donors (Lipinski definition) is 3. The number of anilines is 3. The van der Waals surface area contributed by atoms with Crippen molar-refractivity contribution >= 4 is 51.5 Å². The van der Waals surface area contributed by atoms with Crippen molar-refractivity contribution < 1.29 is 18.7 Å². The number of rotatable bonds is 9. The van der Waals surface area contributed by atoms with E-state index in [0.717, 1.165) is 0 Å². The van der Waals surface area contributed by atoms with Crippen molar-refractivity contribution in [2.45, 2.75) is 19.4 Å². The molecule has 0 bridgehead atoms. The van der Waals surface area contributed by atoms with Gasteiger partial charge in [0.15, 0.2) is 0 Å². The highest BCUT2D eigenvalue weighted by atomic mass is 35.5. The fraction of sp³-hybridized carbons (Fsp3) is 0.120. The van der Waals surface area contributed by atoms with Crippen LogP contribution in [0, 0.1) is 5.82 Å². The van der Waals surface area contributed by atoms with E-state index in [-0.39, 0.29) is 31.2 Å². The molecule has 3 aromatic carbocycles. The monoisotopic (exact) mass is 493 g/mol. The third-order valence-corrected chi connectivity index (χ3v) is 5.29. The molecule has 1 aromatic heterocycles. The fourth-order valence-electron chi connectivity index (χ4n) is 3.31. The fourth-order valence-corrected chi connectivity index (χ4v) is 3.55. The second-order valence-corrected chi connectivity index (χ2v) is 8.06. The van der Waals surface area contributed by atoms with Crippen LogP contribution in [0.2, 0.25) is 5.02 Å². The molecule has 0 unspecified atom stereocenters. The highest BCUT2D eigenvalue weighted by Crippen LogP contribution is 2.31. The van der Waals surface area contributed by atoms with Crippen molar-refractivity contribution in [1.29, 1.82) is 0 Å². The third-order valence-electron chi connectivity index (χ3n) is 5.00. The molecule has 0 saturated heterocycles. The molecule has 4 aromatic rings. The minimum absolute atomic E-state index is 0.00407. The van der Waals surface area contributed by atoms with E-state index >= 15 is 0 Å². The number of aromatic nitrogens is 2. The molecule has 178 valence electrons. The number of benzene rings is 3. The van der Waals surface area contributed by atoms with Gasteiger partial charge in [-0.3, -0.25) is 9.59 Å². The average molecular weight is 494 g/mol. The second-order valence-electron chi connectivity index (χ2n) is 7.66. The van der Waals surface area contributed by atoms with Crippen molar-refractivity contribution in [3.8, 4) is 5.75 Å². The number of amides is 2. The Kier molecular flexibility index (Phi) is 7.37. The van der Waals surface area contributed by atoms with E-state index in [4.69, 9.17) is 22.1 Å². The lowest BCUT2D eigenvalue weighted by Crippen LogP contribution is -2.17. The van der Waals surface area contributed by atoms with Crippen LogP contribution < -0.4 is 21.1 Å². The Bertz CT molecular complexity index is 1400. The Morgan fingerprint density at radius 2 is 1.83 bits per heavy atom. The minimum Gasteiger partial charge on any atom is -0.487 e. The van der Waals surface area contributed by atoms with Crippen LogP contribution in [0.25, 0.3) is 10.9 Å². The van der Waals surface area contributed by atoms with Gasteiger partial charge in [0.1, 0.15) is 30.3 Å². The summed E-state index contributed by atoms with van der Waals surface area (Å²) in [6, 6.07) is 16.5. The molecule has 0 aliphatic carbocycles. The van der Waals surface area contributed by atoms with Crippen LogP contribution in [0.4, 0.5) is 21.6 Å². The zero-order valence-corrected chi connectivity index (χ0v) is 19.2. The van der Waals surface area contributed by atoms with Crippen LogP contribution in [-0.4, -0.2) is 21.8 Å². The molecule has 0 radical (unpaired) electrons. The van der Waals surface area contributed by atoms with Crippen molar-refractivity contribution in [2.24, 2.45) is 5.73 Å². The highest BCUT2D eigenvalue weighted by molar-refractivity contribution is 6.32. The van der Waals surface area contributed by atoms with Gasteiger partial charge in [-0.1, -0.05) is 23.7 Å². The number of nitrogens with zero attached hydrogens (tertiary/aromatic N) is 2. The number of primary amides is 1. The summed E-state index contributed by atoms with van der Waals surface area (Å²) < 4.78 is 19.1. The lowest BCUT2D eigenvalue weighted by molar-refractivity contribution is -0.122. The summed E-state index contributed by atoms with van der Waals surface area (Å²) in [5.74, 6) is -0.234. The summed E-state index contributed by atoms with van der Waals surface area (Å²) in [5, 5.41) is 6.98. The Hall–Kier alpha value is -4.24. The second kappa shape index (κ2) is 10.8. The summed E-state index contributed by atoms with van der Waals surface area (Å²) in [7, 11) is 0. The average Bonchev–Trinajstić information content (AvgIpc) is 2.83. The van der Waals surface area contributed by atoms with E-state index in [1.54, 1.807) is 48.5 Å². The minimum atomic E-state index is -0.539. The molecule has 0 saturated carbocycles. The number of carbonyl (C=O) groups excluding carboxylic acids is 2.